The van der Waals surface area contributed by atoms with E-state index in [1.807, 2.05) is 21.0 Å². The van der Waals surface area contributed by atoms with Crippen LogP contribution in [0.15, 0.2) is 39.5 Å². The van der Waals surface area contributed by atoms with E-state index >= 15 is 0 Å². The van der Waals surface area contributed by atoms with Gasteiger partial charge in [0.05, 0.1) is 25.0 Å². The lowest BCUT2D eigenvalue weighted by atomic mass is 10.0. The van der Waals surface area contributed by atoms with Crippen LogP contribution in [0.4, 0.5) is 4.39 Å². The molecule has 1 heterocycles. The molecule has 6 heteroatoms. The number of nitrogens with one attached hydrogen (secondary N) is 1. The Morgan fingerprint density at radius 2 is 1.96 bits per heavy atom. The van der Waals surface area contributed by atoms with E-state index in [1.165, 1.54) is 12.1 Å². The van der Waals surface area contributed by atoms with Gasteiger partial charge in [-0.15, -0.1) is 0 Å². The topological polar surface area (TPSA) is 64.1 Å². The molecule has 142 valence electrons. The van der Waals surface area contributed by atoms with Crippen molar-refractivity contribution in [3.8, 4) is 17.2 Å². The minimum absolute atomic E-state index is 0.0419. The molecule has 0 aliphatic heterocycles. The van der Waals surface area contributed by atoms with Gasteiger partial charge in [-0.3, -0.25) is 4.79 Å². The smallest absolute Gasteiger partial charge is 0.235 e. The summed E-state index contributed by atoms with van der Waals surface area (Å²) in [6.45, 7) is 3.99. The van der Waals surface area contributed by atoms with Crippen molar-refractivity contribution in [1.29, 1.82) is 0 Å². The molecular weight excluding hydrogens is 349 g/mol. The molecule has 1 aromatic heterocycles. The molecular formula is C21H23FNO4+. The van der Waals surface area contributed by atoms with Crippen molar-refractivity contribution in [2.45, 2.75) is 26.8 Å². The second kappa shape index (κ2) is 7.40. The first-order valence-corrected chi connectivity index (χ1v) is 8.86. The standard InChI is InChI=1S/C21H22FNO4/c1-5-13-10-14-19(25)20(27-17-9-7-6-8-16(17)22)12(2)26-21(14)15(18(13)24)11-23(3)4/h6-10,24H,5,11H2,1-4H3/p+1. The molecule has 3 aromatic rings. The highest BCUT2D eigenvalue weighted by Crippen LogP contribution is 2.33. The van der Waals surface area contributed by atoms with Gasteiger partial charge in [0.25, 0.3) is 0 Å². The summed E-state index contributed by atoms with van der Waals surface area (Å²) in [5, 5.41) is 10.9. The largest absolute Gasteiger partial charge is 0.507 e. The molecule has 0 amide bonds. The van der Waals surface area contributed by atoms with Gasteiger partial charge in [0.2, 0.25) is 11.2 Å². The molecule has 3 rings (SSSR count). The summed E-state index contributed by atoms with van der Waals surface area (Å²) in [6.07, 6.45) is 0.564. The number of quaternary nitrogens is 1. The number of hydrogen-bond acceptors (Lipinski definition) is 4. The van der Waals surface area contributed by atoms with Crippen LogP contribution in [0.1, 0.15) is 23.8 Å². The molecule has 0 aliphatic rings. The van der Waals surface area contributed by atoms with Gasteiger partial charge in [-0.05, 0) is 37.1 Å². The highest BCUT2D eigenvalue weighted by molar-refractivity contribution is 5.84. The van der Waals surface area contributed by atoms with E-state index in [0.717, 1.165) is 4.90 Å². The van der Waals surface area contributed by atoms with Crippen LogP contribution in [0.2, 0.25) is 0 Å². The zero-order valence-electron chi connectivity index (χ0n) is 15.9. The van der Waals surface area contributed by atoms with Gasteiger partial charge in [-0.1, -0.05) is 19.1 Å². The third kappa shape index (κ3) is 3.53. The number of fused-ring (bicyclic) bond motifs is 1. The summed E-state index contributed by atoms with van der Waals surface area (Å²) in [4.78, 5) is 14.2. The first-order chi connectivity index (χ1) is 12.8. The fourth-order valence-corrected chi connectivity index (χ4v) is 3.08. The van der Waals surface area contributed by atoms with Crippen LogP contribution in [-0.4, -0.2) is 19.2 Å². The molecule has 0 unspecified atom stereocenters. The number of phenolic OH excluding ortho intramolecular Hbond substituents is 1. The zero-order valence-corrected chi connectivity index (χ0v) is 15.9. The molecule has 2 N–H and O–H groups in total. The van der Waals surface area contributed by atoms with Gasteiger partial charge >= 0.3 is 0 Å². The van der Waals surface area contributed by atoms with Gasteiger partial charge in [-0.25, -0.2) is 4.39 Å². The van der Waals surface area contributed by atoms with E-state index in [1.54, 1.807) is 25.1 Å². The first-order valence-electron chi connectivity index (χ1n) is 8.86. The third-order valence-electron chi connectivity index (χ3n) is 4.41. The van der Waals surface area contributed by atoms with Crippen LogP contribution in [0.3, 0.4) is 0 Å². The number of ether oxygens (including phenoxy) is 1. The number of benzene rings is 2. The lowest BCUT2D eigenvalue weighted by Gasteiger charge is -2.15. The summed E-state index contributed by atoms with van der Waals surface area (Å²) in [6, 6.07) is 7.51. The molecule has 5 nitrogen and oxygen atoms in total. The molecule has 0 atom stereocenters. The van der Waals surface area contributed by atoms with Gasteiger partial charge in [0.1, 0.15) is 18.1 Å². The number of halogens is 1. The monoisotopic (exact) mass is 372 g/mol. The summed E-state index contributed by atoms with van der Waals surface area (Å²) in [5.41, 5.74) is 1.20. The second-order valence-corrected chi connectivity index (χ2v) is 6.83. The summed E-state index contributed by atoms with van der Waals surface area (Å²) >= 11 is 0. The van der Waals surface area contributed by atoms with E-state index in [9.17, 15) is 14.3 Å². The maximum atomic E-state index is 13.9. The van der Waals surface area contributed by atoms with Gasteiger partial charge < -0.3 is 19.2 Å². The molecule has 0 spiro atoms. The Bertz CT molecular complexity index is 1060. The fourth-order valence-electron chi connectivity index (χ4n) is 3.08. The average Bonchev–Trinajstić information content (AvgIpc) is 2.62. The molecule has 0 fully saturated rings. The predicted molar refractivity (Wildman–Crippen MR) is 101 cm³/mol. The molecule has 0 saturated carbocycles. The second-order valence-electron chi connectivity index (χ2n) is 6.83. The lowest BCUT2D eigenvalue weighted by molar-refractivity contribution is -0.872. The van der Waals surface area contributed by atoms with Crippen molar-refractivity contribution in [2.24, 2.45) is 0 Å². The van der Waals surface area contributed by atoms with Crippen molar-refractivity contribution in [1.82, 2.24) is 0 Å². The van der Waals surface area contributed by atoms with Crippen LogP contribution in [0.25, 0.3) is 11.0 Å². The molecule has 2 aromatic carbocycles. The van der Waals surface area contributed by atoms with Crippen molar-refractivity contribution in [3.05, 3.63) is 63.3 Å². The van der Waals surface area contributed by atoms with Crippen LogP contribution in [-0.2, 0) is 13.0 Å². The summed E-state index contributed by atoms with van der Waals surface area (Å²) < 4.78 is 25.4. The Kier molecular flexibility index (Phi) is 5.19. The van der Waals surface area contributed by atoms with E-state index in [-0.39, 0.29) is 28.4 Å². The molecule has 27 heavy (non-hydrogen) atoms. The van der Waals surface area contributed by atoms with Crippen LogP contribution in [0, 0.1) is 12.7 Å². The highest BCUT2D eigenvalue weighted by Gasteiger charge is 2.22. The number of para-hydroxylation sites is 1. The summed E-state index contributed by atoms with van der Waals surface area (Å²) in [5.74, 6) is -0.276. The minimum Gasteiger partial charge on any atom is -0.507 e. The molecule has 0 bridgehead atoms. The molecule has 0 radical (unpaired) electrons. The van der Waals surface area contributed by atoms with Crippen molar-refractivity contribution >= 4 is 11.0 Å². The van der Waals surface area contributed by atoms with Crippen molar-refractivity contribution in [2.75, 3.05) is 14.1 Å². The fraction of sp³-hybridized carbons (Fsp3) is 0.286. The number of rotatable bonds is 5. The van der Waals surface area contributed by atoms with E-state index in [0.29, 0.717) is 35.1 Å². The predicted octanol–water partition coefficient (Wildman–Crippen LogP) is 2.95. The SMILES string of the molecule is CCc1cc2c(=O)c(Oc3ccccc3F)c(C)oc2c(C[NH+](C)C)c1O. The molecule has 0 aliphatic carbocycles. The van der Waals surface area contributed by atoms with Gasteiger partial charge in [0, 0.05) is 0 Å². The zero-order chi connectivity index (χ0) is 19.7. The van der Waals surface area contributed by atoms with Crippen molar-refractivity contribution in [3.63, 3.8) is 0 Å². The van der Waals surface area contributed by atoms with Crippen LogP contribution < -0.4 is 15.1 Å². The van der Waals surface area contributed by atoms with Crippen LogP contribution >= 0.6 is 0 Å². The van der Waals surface area contributed by atoms with Crippen molar-refractivity contribution < 1.29 is 23.6 Å². The number of aryl methyl sites for hydroxylation is 2. The van der Waals surface area contributed by atoms with E-state index in [2.05, 4.69) is 0 Å². The Hall–Kier alpha value is -2.86. The lowest BCUT2D eigenvalue weighted by Crippen LogP contribution is -3.04. The maximum absolute atomic E-state index is 13.9. The Balaban J connectivity index is 2.26. The minimum atomic E-state index is -0.562. The quantitative estimate of drug-likeness (QED) is 0.723. The maximum Gasteiger partial charge on any atom is 0.235 e. The number of aromatic hydroxyl groups is 1. The Morgan fingerprint density at radius 3 is 2.59 bits per heavy atom. The van der Waals surface area contributed by atoms with Crippen LogP contribution in [0.5, 0.6) is 17.2 Å². The number of phenols is 1. The Labute approximate surface area is 156 Å². The van der Waals surface area contributed by atoms with Gasteiger partial charge in [-0.2, -0.15) is 0 Å². The van der Waals surface area contributed by atoms with E-state index < -0.39 is 5.82 Å². The number of hydrogen-bond donors (Lipinski definition) is 2. The van der Waals surface area contributed by atoms with E-state index in [4.69, 9.17) is 9.15 Å². The Morgan fingerprint density at radius 1 is 1.26 bits per heavy atom. The third-order valence-corrected chi connectivity index (χ3v) is 4.41. The van der Waals surface area contributed by atoms with Gasteiger partial charge in [0.15, 0.2) is 17.1 Å². The normalized spacial score (nSPS) is 11.3. The highest BCUT2D eigenvalue weighted by atomic mass is 19.1. The summed E-state index contributed by atoms with van der Waals surface area (Å²) in [7, 11) is 3.90. The average molecular weight is 372 g/mol. The first kappa shape index (κ1) is 18.9. The molecule has 0 saturated heterocycles.